The highest BCUT2D eigenvalue weighted by atomic mass is 32.2. The molecule has 3 atom stereocenters. The highest BCUT2D eigenvalue weighted by molar-refractivity contribution is 7.91. The summed E-state index contributed by atoms with van der Waals surface area (Å²) in [5, 5.41) is 4.01. The fourth-order valence-electron chi connectivity index (χ4n) is 4.11. The summed E-state index contributed by atoms with van der Waals surface area (Å²) in [5.41, 5.74) is 0.261. The zero-order chi connectivity index (χ0) is 28.1. The molecule has 0 spiro atoms. The predicted molar refractivity (Wildman–Crippen MR) is 125 cm³/mol. The van der Waals surface area contributed by atoms with Crippen LogP contribution in [0, 0.1) is 5.92 Å². The molecular weight excluding hydrogens is 533 g/mol. The Balaban J connectivity index is 1.92. The number of benzene rings is 1. The van der Waals surface area contributed by atoms with Crippen LogP contribution in [0.2, 0.25) is 0 Å². The number of halogens is 3. The number of nitrogens with zero attached hydrogens (tertiary/aromatic N) is 3. The lowest BCUT2D eigenvalue weighted by molar-refractivity contribution is -0.159. The van der Waals surface area contributed by atoms with Crippen molar-refractivity contribution in [3.8, 4) is 0 Å². The van der Waals surface area contributed by atoms with E-state index >= 15 is 0 Å². The van der Waals surface area contributed by atoms with Crippen molar-refractivity contribution in [3.05, 3.63) is 47.6 Å². The minimum absolute atomic E-state index is 0.0839. The molecule has 11 nitrogen and oxygen atoms in total. The van der Waals surface area contributed by atoms with Crippen LogP contribution in [-0.2, 0) is 30.3 Å². The quantitative estimate of drug-likeness (QED) is 0.430. The van der Waals surface area contributed by atoms with Crippen molar-refractivity contribution in [2.24, 2.45) is 5.92 Å². The van der Waals surface area contributed by atoms with Gasteiger partial charge in [0.15, 0.2) is 9.84 Å². The highest BCUT2D eigenvalue weighted by Crippen LogP contribution is 2.33. The number of sulfone groups is 1. The average molecular weight is 561 g/mol. The Kier molecular flexibility index (Phi) is 9.25. The van der Waals surface area contributed by atoms with Crippen molar-refractivity contribution in [3.63, 3.8) is 0 Å². The second kappa shape index (κ2) is 12.0. The van der Waals surface area contributed by atoms with Crippen molar-refractivity contribution in [2.75, 3.05) is 32.6 Å². The van der Waals surface area contributed by atoms with Crippen molar-refractivity contribution >= 4 is 27.4 Å². The van der Waals surface area contributed by atoms with E-state index in [1.165, 1.54) is 24.0 Å². The fraction of sp³-hybridized carbons (Fsp3) is 0.522. The Morgan fingerprint density at radius 3 is 2.29 bits per heavy atom. The molecule has 0 radical (unpaired) electrons. The number of carbonyl (C=O) groups is 3. The summed E-state index contributed by atoms with van der Waals surface area (Å²) in [6.07, 6.45) is -4.62. The van der Waals surface area contributed by atoms with Gasteiger partial charge in [-0.25, -0.2) is 8.42 Å². The van der Waals surface area contributed by atoms with Crippen LogP contribution in [0.1, 0.15) is 47.1 Å². The maximum atomic E-state index is 13.5. The number of Topliss-reactive ketones (excluding diaryl/α,β-unsaturated/α-hetero) is 1. The molecule has 1 saturated heterocycles. The Labute approximate surface area is 216 Å². The second-order valence-electron chi connectivity index (χ2n) is 8.72. The molecular formula is C23H27F3N4O7S. The van der Waals surface area contributed by atoms with Crippen LogP contribution < -0.4 is 5.32 Å². The molecule has 1 aromatic heterocycles. The summed E-state index contributed by atoms with van der Waals surface area (Å²) >= 11 is 0. The molecule has 15 heteroatoms. The van der Waals surface area contributed by atoms with Gasteiger partial charge in [0.1, 0.15) is 0 Å². The fourth-order valence-corrected chi connectivity index (χ4v) is 5.58. The first-order valence-electron chi connectivity index (χ1n) is 11.7. The minimum atomic E-state index is -4.97. The highest BCUT2D eigenvalue weighted by Gasteiger charge is 2.42. The van der Waals surface area contributed by atoms with Gasteiger partial charge in [0.2, 0.25) is 23.4 Å². The molecule has 1 aliphatic heterocycles. The van der Waals surface area contributed by atoms with Crippen LogP contribution in [0.4, 0.5) is 13.2 Å². The lowest BCUT2D eigenvalue weighted by atomic mass is 9.93. The lowest BCUT2D eigenvalue weighted by Gasteiger charge is -2.31. The zero-order valence-corrected chi connectivity index (χ0v) is 21.4. The number of amides is 2. The number of hydrogen-bond acceptors (Lipinski definition) is 9. The maximum absolute atomic E-state index is 13.5. The topological polar surface area (TPSA) is 149 Å². The van der Waals surface area contributed by atoms with Crippen molar-refractivity contribution in [2.45, 2.75) is 37.2 Å². The van der Waals surface area contributed by atoms with Gasteiger partial charge in [0.25, 0.3) is 0 Å². The first kappa shape index (κ1) is 29.2. The van der Waals surface area contributed by atoms with E-state index in [-0.39, 0.29) is 38.3 Å². The lowest BCUT2D eigenvalue weighted by Crippen LogP contribution is -2.48. The van der Waals surface area contributed by atoms with Gasteiger partial charge in [-0.05, 0) is 12.0 Å². The van der Waals surface area contributed by atoms with Gasteiger partial charge in [-0.15, -0.1) is 0 Å². The minimum Gasteiger partial charge on any atom is -0.378 e. The third kappa shape index (κ3) is 7.16. The summed E-state index contributed by atoms with van der Waals surface area (Å²) in [7, 11) is -3.97. The van der Waals surface area contributed by atoms with Gasteiger partial charge in [-0.2, -0.15) is 18.2 Å². The number of aromatic nitrogens is 2. The summed E-state index contributed by atoms with van der Waals surface area (Å²) in [4.78, 5) is 43.9. The standard InChI is InChI=1S/C23H27F3N4O7S/c1-3-16(18(32)20-28-22(37-29-20)23(24,25)26)27-21(33)15(13-17(31)30-9-11-36-12-10-30)19(38(2,34)35)14-7-5-4-6-8-14/h4-8,15-16,19H,3,9-13H2,1-2H3,(H,27,33)/t15?,16?,19-/m0/s1. The summed E-state index contributed by atoms with van der Waals surface area (Å²) < 4.78 is 73.6. The Morgan fingerprint density at radius 2 is 1.76 bits per heavy atom. The van der Waals surface area contributed by atoms with Crippen LogP contribution in [0.15, 0.2) is 34.9 Å². The summed E-state index contributed by atoms with van der Waals surface area (Å²) in [5.74, 6) is -6.56. The molecule has 1 aliphatic rings. The van der Waals surface area contributed by atoms with Gasteiger partial charge in [0, 0.05) is 25.8 Å². The van der Waals surface area contributed by atoms with E-state index in [0.29, 0.717) is 0 Å². The van der Waals surface area contributed by atoms with Gasteiger partial charge in [-0.3, -0.25) is 14.4 Å². The van der Waals surface area contributed by atoms with Crippen molar-refractivity contribution < 1.29 is 45.2 Å². The molecule has 1 fully saturated rings. The molecule has 38 heavy (non-hydrogen) atoms. The molecule has 0 aliphatic carbocycles. The molecule has 1 aromatic carbocycles. The van der Waals surface area contributed by atoms with E-state index in [2.05, 4.69) is 20.0 Å². The number of rotatable bonds is 10. The maximum Gasteiger partial charge on any atom is 0.471 e. The predicted octanol–water partition coefficient (Wildman–Crippen LogP) is 1.82. The molecule has 3 rings (SSSR count). The number of hydrogen-bond donors (Lipinski definition) is 1. The van der Waals surface area contributed by atoms with Gasteiger partial charge in [-0.1, -0.05) is 42.4 Å². The number of ether oxygens (including phenoxy) is 1. The van der Waals surface area contributed by atoms with Crippen LogP contribution in [0.3, 0.4) is 0 Å². The summed E-state index contributed by atoms with van der Waals surface area (Å²) in [6, 6.07) is 6.43. The third-order valence-corrected chi connectivity index (χ3v) is 7.50. The van der Waals surface area contributed by atoms with Crippen molar-refractivity contribution in [1.29, 1.82) is 0 Å². The van der Waals surface area contributed by atoms with Gasteiger partial charge >= 0.3 is 12.1 Å². The van der Waals surface area contributed by atoms with Crippen molar-refractivity contribution in [1.82, 2.24) is 20.4 Å². The Hall–Kier alpha value is -3.33. The molecule has 2 unspecified atom stereocenters. The first-order valence-corrected chi connectivity index (χ1v) is 13.6. The van der Waals surface area contributed by atoms with E-state index in [9.17, 15) is 36.0 Å². The number of morpholine rings is 1. The number of alkyl halides is 3. The molecule has 0 saturated carbocycles. The Bertz CT molecular complexity index is 1250. The van der Waals surface area contributed by atoms with Crippen LogP contribution >= 0.6 is 0 Å². The van der Waals surface area contributed by atoms with Gasteiger partial charge in [0.05, 0.1) is 30.4 Å². The first-order chi connectivity index (χ1) is 17.8. The van der Waals surface area contributed by atoms with E-state index in [4.69, 9.17) is 4.74 Å². The average Bonchev–Trinajstić information content (AvgIpc) is 3.38. The summed E-state index contributed by atoms with van der Waals surface area (Å²) in [6.45, 7) is 2.57. The second-order valence-corrected chi connectivity index (χ2v) is 10.9. The van der Waals surface area contributed by atoms with E-state index in [0.717, 1.165) is 6.26 Å². The normalized spacial score (nSPS) is 16.9. The van der Waals surface area contributed by atoms with E-state index in [1.54, 1.807) is 18.2 Å². The molecule has 2 heterocycles. The smallest absolute Gasteiger partial charge is 0.378 e. The van der Waals surface area contributed by atoms with E-state index in [1.807, 2.05) is 0 Å². The monoisotopic (exact) mass is 560 g/mol. The molecule has 2 amide bonds. The van der Waals surface area contributed by atoms with Gasteiger partial charge < -0.3 is 19.5 Å². The zero-order valence-electron chi connectivity index (χ0n) is 20.6. The molecule has 0 bridgehead atoms. The number of nitrogens with one attached hydrogen (secondary N) is 1. The largest absolute Gasteiger partial charge is 0.471 e. The van der Waals surface area contributed by atoms with Crippen LogP contribution in [0.25, 0.3) is 0 Å². The molecule has 2 aromatic rings. The van der Waals surface area contributed by atoms with E-state index < -0.39 is 69.0 Å². The number of carbonyl (C=O) groups excluding carboxylic acids is 3. The molecule has 1 N–H and O–H groups in total. The molecule has 208 valence electrons. The Morgan fingerprint density at radius 1 is 1.13 bits per heavy atom. The third-order valence-electron chi connectivity index (χ3n) is 5.98. The number of ketones is 1. The SMILES string of the molecule is CCC(NC(=O)C(CC(=O)N1CCOCC1)[C@H](c1ccccc1)S(C)(=O)=O)C(=O)c1noc(C(F)(F)F)n1. The van der Waals surface area contributed by atoms with Crippen LogP contribution in [0.5, 0.6) is 0 Å². The van der Waals surface area contributed by atoms with Crippen LogP contribution in [-0.4, -0.2) is 79.7 Å².